The maximum atomic E-state index is 12.1. The van der Waals surface area contributed by atoms with E-state index in [2.05, 4.69) is 0 Å². The fourth-order valence-electron chi connectivity index (χ4n) is 1.92. The van der Waals surface area contributed by atoms with Crippen molar-refractivity contribution in [1.82, 2.24) is 4.90 Å². The average molecular weight is 253 g/mol. The van der Waals surface area contributed by atoms with Crippen LogP contribution in [0.4, 0.5) is 0 Å². The summed E-state index contributed by atoms with van der Waals surface area (Å²) in [4.78, 5) is 13.4. The number of rotatable bonds is 2. The highest BCUT2D eigenvalue weighted by atomic mass is 16.5. The minimum atomic E-state index is -0.936. The zero-order valence-electron chi connectivity index (χ0n) is 9.91. The molecule has 3 N–H and O–H groups in total. The third-order valence-corrected chi connectivity index (χ3v) is 2.98. The Morgan fingerprint density at radius 2 is 1.94 bits per heavy atom. The molecule has 2 atom stereocenters. The molecule has 6 nitrogen and oxygen atoms in total. The molecule has 0 spiro atoms. The number of hydrogen-bond donors (Lipinski definition) is 3. The highest BCUT2D eigenvalue weighted by molar-refractivity contribution is 5.97. The maximum absolute atomic E-state index is 12.1. The molecule has 6 heteroatoms. The van der Waals surface area contributed by atoms with E-state index >= 15 is 0 Å². The molecule has 0 aromatic heterocycles. The molecular formula is C12H15NO5. The second-order valence-electron chi connectivity index (χ2n) is 4.23. The van der Waals surface area contributed by atoms with Crippen molar-refractivity contribution in [3.8, 4) is 11.5 Å². The maximum Gasteiger partial charge on any atom is 0.257 e. The Labute approximate surface area is 104 Å². The first kappa shape index (κ1) is 12.7. The van der Waals surface area contributed by atoms with Gasteiger partial charge in [-0.3, -0.25) is 4.79 Å². The average Bonchev–Trinajstić information content (AvgIpc) is 2.68. The molecule has 0 saturated carbocycles. The summed E-state index contributed by atoms with van der Waals surface area (Å²) in [6.07, 6.45) is -1.87. The van der Waals surface area contributed by atoms with Gasteiger partial charge in [0.05, 0.1) is 24.9 Å². The molecule has 98 valence electrons. The molecule has 1 aliphatic rings. The van der Waals surface area contributed by atoms with Crippen LogP contribution in [0.5, 0.6) is 11.5 Å². The largest absolute Gasteiger partial charge is 0.507 e. The van der Waals surface area contributed by atoms with Gasteiger partial charge in [-0.1, -0.05) is 0 Å². The van der Waals surface area contributed by atoms with E-state index < -0.39 is 18.1 Å². The molecule has 1 saturated heterocycles. The van der Waals surface area contributed by atoms with Crippen LogP contribution in [0, 0.1) is 0 Å². The number of aliphatic hydroxyl groups excluding tert-OH is 2. The number of nitrogens with zero attached hydrogens (tertiary/aromatic N) is 1. The van der Waals surface area contributed by atoms with Crippen LogP contribution in [0.1, 0.15) is 10.4 Å². The number of benzene rings is 1. The molecule has 1 aromatic rings. The second kappa shape index (κ2) is 4.83. The fourth-order valence-corrected chi connectivity index (χ4v) is 1.92. The van der Waals surface area contributed by atoms with Gasteiger partial charge in [0.2, 0.25) is 0 Å². The van der Waals surface area contributed by atoms with Gasteiger partial charge in [0.25, 0.3) is 5.91 Å². The van der Waals surface area contributed by atoms with Gasteiger partial charge in [0.1, 0.15) is 11.5 Å². The molecule has 0 aliphatic carbocycles. The molecule has 1 aliphatic heterocycles. The first-order chi connectivity index (χ1) is 8.52. The number of ether oxygens (including phenoxy) is 1. The third kappa shape index (κ3) is 2.25. The molecule has 1 heterocycles. The predicted molar refractivity (Wildman–Crippen MR) is 62.6 cm³/mol. The van der Waals surface area contributed by atoms with E-state index in [1.165, 1.54) is 24.1 Å². The van der Waals surface area contributed by atoms with Crippen molar-refractivity contribution < 1.29 is 24.9 Å². The Bertz CT molecular complexity index is 452. The first-order valence-electron chi connectivity index (χ1n) is 5.55. The minimum Gasteiger partial charge on any atom is -0.507 e. The molecular weight excluding hydrogens is 238 g/mol. The highest BCUT2D eigenvalue weighted by Gasteiger charge is 2.33. The number of aliphatic hydroxyl groups is 2. The lowest BCUT2D eigenvalue weighted by Gasteiger charge is -2.16. The Morgan fingerprint density at radius 3 is 2.44 bits per heavy atom. The molecule has 1 aromatic carbocycles. The van der Waals surface area contributed by atoms with E-state index in [4.69, 9.17) is 4.74 Å². The van der Waals surface area contributed by atoms with Crippen molar-refractivity contribution in [3.63, 3.8) is 0 Å². The van der Waals surface area contributed by atoms with Crippen LogP contribution in [0.2, 0.25) is 0 Å². The van der Waals surface area contributed by atoms with Crippen LogP contribution >= 0.6 is 0 Å². The standard InChI is InChI=1S/C12H15NO5/c1-18-7-2-3-8(9(14)4-7)12(17)13-5-10(15)11(16)6-13/h2-4,10-11,14-16H,5-6H2,1H3. The number of aromatic hydroxyl groups is 1. The summed E-state index contributed by atoms with van der Waals surface area (Å²) in [6, 6.07) is 4.36. The number of likely N-dealkylation sites (tertiary alicyclic amines) is 1. The minimum absolute atomic E-state index is 0.0610. The van der Waals surface area contributed by atoms with Crippen LogP contribution in [0.15, 0.2) is 18.2 Å². The van der Waals surface area contributed by atoms with Crippen LogP contribution in [0.25, 0.3) is 0 Å². The molecule has 1 amide bonds. The van der Waals surface area contributed by atoms with Gasteiger partial charge in [-0.15, -0.1) is 0 Å². The summed E-state index contributed by atoms with van der Waals surface area (Å²) in [5, 5.41) is 28.5. The monoisotopic (exact) mass is 253 g/mol. The fraction of sp³-hybridized carbons (Fsp3) is 0.417. The van der Waals surface area contributed by atoms with Crippen LogP contribution in [-0.4, -0.2) is 58.5 Å². The smallest absolute Gasteiger partial charge is 0.257 e. The van der Waals surface area contributed by atoms with E-state index in [1.54, 1.807) is 6.07 Å². The van der Waals surface area contributed by atoms with Gasteiger partial charge >= 0.3 is 0 Å². The van der Waals surface area contributed by atoms with Crippen molar-refractivity contribution in [2.75, 3.05) is 20.2 Å². The topological polar surface area (TPSA) is 90.2 Å². The van der Waals surface area contributed by atoms with E-state index in [0.717, 1.165) is 0 Å². The van der Waals surface area contributed by atoms with Gasteiger partial charge in [-0.25, -0.2) is 0 Å². The Kier molecular flexibility index (Phi) is 3.40. The van der Waals surface area contributed by atoms with Gasteiger partial charge in [-0.05, 0) is 12.1 Å². The number of methoxy groups -OCH3 is 1. The molecule has 2 rings (SSSR count). The van der Waals surface area contributed by atoms with Crippen LogP contribution in [-0.2, 0) is 0 Å². The zero-order valence-corrected chi connectivity index (χ0v) is 9.91. The number of phenolic OH excluding ortho intramolecular Hbond substituents is 1. The summed E-state index contributed by atoms with van der Waals surface area (Å²) in [7, 11) is 1.46. The number of β-amino-alcohol motifs (C(OH)–C–C–N with tert-alkyl or cyclic N) is 2. The van der Waals surface area contributed by atoms with Gasteiger partial charge in [0, 0.05) is 19.2 Å². The van der Waals surface area contributed by atoms with Gasteiger partial charge in [0.15, 0.2) is 0 Å². The van der Waals surface area contributed by atoms with Crippen LogP contribution in [0.3, 0.4) is 0 Å². The number of hydrogen-bond acceptors (Lipinski definition) is 5. The quantitative estimate of drug-likeness (QED) is 0.666. The second-order valence-corrected chi connectivity index (χ2v) is 4.23. The molecule has 1 fully saturated rings. The van der Waals surface area contributed by atoms with Crippen molar-refractivity contribution in [3.05, 3.63) is 23.8 Å². The van der Waals surface area contributed by atoms with Gasteiger partial charge < -0.3 is 25.0 Å². The third-order valence-electron chi connectivity index (χ3n) is 2.98. The van der Waals surface area contributed by atoms with Crippen molar-refractivity contribution in [1.29, 1.82) is 0 Å². The van der Waals surface area contributed by atoms with E-state index in [9.17, 15) is 20.1 Å². The van der Waals surface area contributed by atoms with Crippen molar-refractivity contribution in [2.45, 2.75) is 12.2 Å². The zero-order chi connectivity index (χ0) is 13.3. The van der Waals surface area contributed by atoms with Gasteiger partial charge in [-0.2, -0.15) is 0 Å². The van der Waals surface area contributed by atoms with Crippen LogP contribution < -0.4 is 4.74 Å². The lowest BCUT2D eigenvalue weighted by Crippen LogP contribution is -2.29. The number of carbonyl (C=O) groups is 1. The lowest BCUT2D eigenvalue weighted by atomic mass is 10.1. The number of phenols is 1. The predicted octanol–water partition coefficient (Wildman–Crippen LogP) is -0.422. The first-order valence-corrected chi connectivity index (χ1v) is 5.55. The Balaban J connectivity index is 2.19. The molecule has 18 heavy (non-hydrogen) atoms. The Hall–Kier alpha value is -1.79. The Morgan fingerprint density at radius 1 is 1.33 bits per heavy atom. The summed E-state index contributed by atoms with van der Waals surface area (Å²) >= 11 is 0. The highest BCUT2D eigenvalue weighted by Crippen LogP contribution is 2.25. The summed E-state index contributed by atoms with van der Waals surface area (Å²) in [5.74, 6) is -0.161. The normalized spacial score (nSPS) is 23.2. The van der Waals surface area contributed by atoms with Crippen molar-refractivity contribution in [2.24, 2.45) is 0 Å². The lowest BCUT2D eigenvalue weighted by molar-refractivity contribution is 0.0572. The molecule has 0 radical (unpaired) electrons. The summed E-state index contributed by atoms with van der Waals surface area (Å²) in [5.41, 5.74) is 0.122. The molecule has 0 bridgehead atoms. The molecule has 2 unspecified atom stereocenters. The number of carbonyl (C=O) groups excluding carboxylic acids is 1. The van der Waals surface area contributed by atoms with E-state index in [0.29, 0.717) is 5.75 Å². The summed E-state index contributed by atoms with van der Waals surface area (Å²) < 4.78 is 4.92. The summed E-state index contributed by atoms with van der Waals surface area (Å²) in [6.45, 7) is 0.122. The SMILES string of the molecule is COc1ccc(C(=O)N2CC(O)C(O)C2)c(O)c1. The van der Waals surface area contributed by atoms with Crippen molar-refractivity contribution >= 4 is 5.91 Å². The number of amides is 1. The van der Waals surface area contributed by atoms with E-state index in [1.807, 2.05) is 0 Å². The van der Waals surface area contributed by atoms with E-state index in [-0.39, 0.29) is 24.4 Å².